The third kappa shape index (κ3) is 4.98. The van der Waals surface area contributed by atoms with Crippen LogP contribution in [-0.2, 0) is 16.6 Å². The minimum absolute atomic E-state index is 0.0328. The van der Waals surface area contributed by atoms with E-state index in [9.17, 15) is 14.9 Å². The van der Waals surface area contributed by atoms with Crippen molar-refractivity contribution in [1.82, 2.24) is 14.8 Å². The van der Waals surface area contributed by atoms with Gasteiger partial charge in [-0.1, -0.05) is 30.3 Å². The van der Waals surface area contributed by atoms with Gasteiger partial charge < -0.3 is 14.6 Å². The summed E-state index contributed by atoms with van der Waals surface area (Å²) in [5.41, 5.74) is 3.05. The van der Waals surface area contributed by atoms with E-state index in [4.69, 9.17) is 4.74 Å². The number of nitro benzene ring substituents is 1. The van der Waals surface area contributed by atoms with Gasteiger partial charge in [0.15, 0.2) is 0 Å². The van der Waals surface area contributed by atoms with E-state index in [0.717, 1.165) is 54.9 Å². The summed E-state index contributed by atoms with van der Waals surface area (Å²) in [5.74, 6) is -0.236. The maximum atomic E-state index is 12.9. The molecule has 0 saturated carbocycles. The second kappa shape index (κ2) is 9.93. The van der Waals surface area contributed by atoms with Gasteiger partial charge in [0.1, 0.15) is 0 Å². The van der Waals surface area contributed by atoms with Crippen LogP contribution in [0.2, 0.25) is 0 Å². The van der Waals surface area contributed by atoms with Gasteiger partial charge >= 0.3 is 0 Å². The van der Waals surface area contributed by atoms with Crippen molar-refractivity contribution in [3.8, 4) is 0 Å². The molecule has 168 valence electrons. The summed E-state index contributed by atoms with van der Waals surface area (Å²) in [7, 11) is 1.99. The van der Waals surface area contributed by atoms with Crippen molar-refractivity contribution in [2.75, 3.05) is 39.4 Å². The van der Waals surface area contributed by atoms with Crippen LogP contribution in [0.5, 0.6) is 0 Å². The molecule has 1 atom stereocenters. The molecule has 1 amide bonds. The molecular weight excluding hydrogens is 408 g/mol. The molecule has 1 saturated heterocycles. The van der Waals surface area contributed by atoms with Crippen LogP contribution >= 0.6 is 0 Å². The number of hydrogen-bond acceptors (Lipinski definition) is 5. The summed E-state index contributed by atoms with van der Waals surface area (Å²) in [5, 5.41) is 15.2. The zero-order valence-corrected chi connectivity index (χ0v) is 18.2. The fraction of sp³-hybridized carbons (Fsp3) is 0.375. The smallest absolute Gasteiger partial charge is 0.269 e. The summed E-state index contributed by atoms with van der Waals surface area (Å²) in [6.07, 6.45) is 2.33. The number of nitrogens with zero attached hydrogens (tertiary/aromatic N) is 3. The Balaban J connectivity index is 1.54. The van der Waals surface area contributed by atoms with Crippen molar-refractivity contribution < 1.29 is 14.5 Å². The predicted octanol–water partition coefficient (Wildman–Crippen LogP) is 3.06. The number of rotatable bonds is 8. The first-order valence-corrected chi connectivity index (χ1v) is 10.9. The van der Waals surface area contributed by atoms with Gasteiger partial charge in [-0.05, 0) is 17.2 Å². The lowest BCUT2D eigenvalue weighted by Crippen LogP contribution is -2.41. The van der Waals surface area contributed by atoms with Crippen molar-refractivity contribution in [2.45, 2.75) is 12.3 Å². The molecule has 1 fully saturated rings. The van der Waals surface area contributed by atoms with E-state index in [1.807, 2.05) is 25.2 Å². The highest BCUT2D eigenvalue weighted by molar-refractivity contribution is 5.86. The number of aromatic nitrogens is 1. The van der Waals surface area contributed by atoms with E-state index < -0.39 is 4.92 Å². The average Bonchev–Trinajstić information content (AvgIpc) is 3.15. The number of carbonyl (C=O) groups is 1. The third-order valence-electron chi connectivity index (χ3n) is 6.05. The number of nitrogens with one attached hydrogen (secondary N) is 1. The first kappa shape index (κ1) is 22.0. The molecule has 2 heterocycles. The van der Waals surface area contributed by atoms with Crippen LogP contribution in [-0.4, -0.2) is 59.7 Å². The van der Waals surface area contributed by atoms with E-state index in [-0.39, 0.29) is 23.9 Å². The number of fused-ring (bicyclic) bond motifs is 1. The van der Waals surface area contributed by atoms with Crippen molar-refractivity contribution in [3.63, 3.8) is 0 Å². The Hall–Kier alpha value is -3.23. The molecule has 0 aliphatic carbocycles. The monoisotopic (exact) mass is 436 g/mol. The normalized spacial score (nSPS) is 15.5. The van der Waals surface area contributed by atoms with Crippen molar-refractivity contribution in [2.24, 2.45) is 7.05 Å². The van der Waals surface area contributed by atoms with Crippen molar-refractivity contribution in [1.29, 1.82) is 0 Å². The number of hydrogen-bond donors (Lipinski definition) is 1. The standard InChI is InChI=1S/C24H28N4O4/c1-26-17-22(20-4-2-3-5-23(20)26)21(18-6-8-19(9-7-18)28(30)31)16-24(29)25-10-11-27-12-14-32-15-13-27/h2-9,17,21H,10-16H2,1H3,(H,25,29). The number of benzene rings is 2. The number of nitro groups is 1. The van der Waals surface area contributed by atoms with Gasteiger partial charge in [-0.25, -0.2) is 0 Å². The van der Waals surface area contributed by atoms with Gasteiger partial charge in [-0.15, -0.1) is 0 Å². The van der Waals surface area contributed by atoms with Crippen LogP contribution in [0.4, 0.5) is 5.69 Å². The fourth-order valence-electron chi connectivity index (χ4n) is 4.32. The van der Waals surface area contributed by atoms with Gasteiger partial charge in [-0.2, -0.15) is 0 Å². The lowest BCUT2D eigenvalue weighted by Gasteiger charge is -2.26. The molecule has 0 bridgehead atoms. The summed E-state index contributed by atoms with van der Waals surface area (Å²) in [6, 6.07) is 14.6. The number of para-hydroxylation sites is 1. The first-order valence-electron chi connectivity index (χ1n) is 10.9. The summed E-state index contributed by atoms with van der Waals surface area (Å²) < 4.78 is 7.42. The maximum absolute atomic E-state index is 12.9. The van der Waals surface area contributed by atoms with Gasteiger partial charge in [0.2, 0.25) is 5.91 Å². The Morgan fingerprint density at radius 1 is 1.16 bits per heavy atom. The minimum Gasteiger partial charge on any atom is -0.379 e. The highest BCUT2D eigenvalue weighted by atomic mass is 16.6. The molecule has 1 aromatic heterocycles. The van der Waals surface area contributed by atoms with Crippen molar-refractivity contribution >= 4 is 22.5 Å². The number of amides is 1. The highest BCUT2D eigenvalue weighted by Crippen LogP contribution is 2.35. The summed E-state index contributed by atoms with van der Waals surface area (Å²) >= 11 is 0. The average molecular weight is 437 g/mol. The summed E-state index contributed by atoms with van der Waals surface area (Å²) in [6.45, 7) is 4.62. The number of morpholine rings is 1. The zero-order chi connectivity index (χ0) is 22.5. The molecule has 3 aromatic rings. The Morgan fingerprint density at radius 3 is 2.59 bits per heavy atom. The number of ether oxygens (including phenoxy) is 1. The molecule has 32 heavy (non-hydrogen) atoms. The molecule has 1 aliphatic heterocycles. The number of aryl methyl sites for hydroxylation is 1. The van der Waals surface area contributed by atoms with Gasteiger partial charge in [0, 0.05) is 74.8 Å². The number of non-ortho nitro benzene ring substituents is 1. The van der Waals surface area contributed by atoms with Gasteiger partial charge in [-0.3, -0.25) is 19.8 Å². The van der Waals surface area contributed by atoms with E-state index in [2.05, 4.69) is 27.0 Å². The second-order valence-corrected chi connectivity index (χ2v) is 8.12. The molecule has 4 rings (SSSR count). The van der Waals surface area contributed by atoms with Crippen LogP contribution < -0.4 is 5.32 Å². The van der Waals surface area contributed by atoms with Crippen molar-refractivity contribution in [3.05, 3.63) is 76.0 Å². The quantitative estimate of drug-likeness (QED) is 0.433. The molecular formula is C24H28N4O4. The molecule has 0 spiro atoms. The van der Waals surface area contributed by atoms with Crippen LogP contribution in [0.15, 0.2) is 54.7 Å². The largest absolute Gasteiger partial charge is 0.379 e. The second-order valence-electron chi connectivity index (χ2n) is 8.12. The lowest BCUT2D eigenvalue weighted by atomic mass is 9.88. The van der Waals surface area contributed by atoms with Crippen LogP contribution in [0.1, 0.15) is 23.5 Å². The topological polar surface area (TPSA) is 89.6 Å². The van der Waals surface area contributed by atoms with Crippen LogP contribution in [0.25, 0.3) is 10.9 Å². The molecule has 1 unspecified atom stereocenters. The van der Waals surface area contributed by atoms with E-state index in [1.54, 1.807) is 12.1 Å². The molecule has 1 N–H and O–H groups in total. The fourth-order valence-corrected chi connectivity index (χ4v) is 4.32. The zero-order valence-electron chi connectivity index (χ0n) is 18.2. The highest BCUT2D eigenvalue weighted by Gasteiger charge is 2.23. The SMILES string of the molecule is Cn1cc(C(CC(=O)NCCN2CCOCC2)c2ccc([N+](=O)[O-])cc2)c2ccccc21. The Kier molecular flexibility index (Phi) is 6.82. The van der Waals surface area contributed by atoms with Gasteiger partial charge in [0.05, 0.1) is 18.1 Å². The molecule has 1 aliphatic rings. The minimum atomic E-state index is -0.408. The van der Waals surface area contributed by atoms with Crippen LogP contribution in [0.3, 0.4) is 0 Å². The Labute approximate surface area is 186 Å². The van der Waals surface area contributed by atoms with Gasteiger partial charge in [0.25, 0.3) is 5.69 Å². The molecule has 8 nitrogen and oxygen atoms in total. The Morgan fingerprint density at radius 2 is 1.88 bits per heavy atom. The molecule has 0 radical (unpaired) electrons. The Bertz CT molecular complexity index is 1090. The first-order chi connectivity index (χ1) is 15.5. The maximum Gasteiger partial charge on any atom is 0.269 e. The van der Waals surface area contributed by atoms with E-state index in [0.29, 0.717) is 6.54 Å². The van der Waals surface area contributed by atoms with Crippen LogP contribution in [0, 0.1) is 10.1 Å². The third-order valence-corrected chi connectivity index (χ3v) is 6.05. The predicted molar refractivity (Wildman–Crippen MR) is 123 cm³/mol. The lowest BCUT2D eigenvalue weighted by molar-refractivity contribution is -0.384. The molecule has 2 aromatic carbocycles. The number of carbonyl (C=O) groups excluding carboxylic acids is 1. The van der Waals surface area contributed by atoms with E-state index in [1.165, 1.54) is 12.1 Å². The van der Waals surface area contributed by atoms with E-state index >= 15 is 0 Å². The summed E-state index contributed by atoms with van der Waals surface area (Å²) in [4.78, 5) is 25.8. The molecule has 8 heteroatoms.